The summed E-state index contributed by atoms with van der Waals surface area (Å²) < 4.78 is 5.14. The summed E-state index contributed by atoms with van der Waals surface area (Å²) in [4.78, 5) is 22.8. The number of carbonyl (C=O) groups is 2. The van der Waals surface area contributed by atoms with Crippen molar-refractivity contribution in [2.75, 3.05) is 6.61 Å². The number of nitrogens with one attached hydrogen (secondary N) is 1. The summed E-state index contributed by atoms with van der Waals surface area (Å²) in [5.74, 6) is -0.428. The molecule has 0 saturated heterocycles. The highest BCUT2D eigenvalue weighted by atomic mass is 16.5. The van der Waals surface area contributed by atoms with E-state index in [0.717, 1.165) is 16.7 Å². The van der Waals surface area contributed by atoms with Crippen LogP contribution in [0.3, 0.4) is 0 Å². The lowest BCUT2D eigenvalue weighted by Gasteiger charge is -2.07. The number of amides is 2. The van der Waals surface area contributed by atoms with Crippen molar-refractivity contribution in [2.45, 2.75) is 20.8 Å². The van der Waals surface area contributed by atoms with Crippen molar-refractivity contribution in [3.63, 3.8) is 0 Å². The van der Waals surface area contributed by atoms with Gasteiger partial charge in [-0.2, -0.15) is 5.10 Å². The van der Waals surface area contributed by atoms with Crippen molar-refractivity contribution < 1.29 is 14.3 Å². The zero-order valence-corrected chi connectivity index (χ0v) is 14.5. The second-order valence-corrected chi connectivity index (χ2v) is 5.79. The Kier molecular flexibility index (Phi) is 5.89. The fraction of sp³-hybridized carbons (Fsp3) is 0.211. The van der Waals surface area contributed by atoms with Crippen LogP contribution in [0.2, 0.25) is 0 Å². The molecule has 0 bridgehead atoms. The maximum absolute atomic E-state index is 12.1. The van der Waals surface area contributed by atoms with Crippen LogP contribution in [0, 0.1) is 20.8 Å². The van der Waals surface area contributed by atoms with E-state index in [1.165, 1.54) is 5.56 Å². The molecule has 0 aromatic heterocycles. The number of ether oxygens (including phenoxy) is 1. The van der Waals surface area contributed by atoms with E-state index in [1.54, 1.807) is 30.5 Å². The van der Waals surface area contributed by atoms with E-state index in [4.69, 9.17) is 10.5 Å². The maximum atomic E-state index is 12.1. The molecule has 0 aliphatic heterocycles. The van der Waals surface area contributed by atoms with Crippen molar-refractivity contribution in [2.24, 2.45) is 10.8 Å². The van der Waals surface area contributed by atoms with Gasteiger partial charge < -0.3 is 10.5 Å². The first-order valence-corrected chi connectivity index (χ1v) is 7.79. The Hall–Kier alpha value is -3.15. The number of rotatable bonds is 6. The van der Waals surface area contributed by atoms with Gasteiger partial charge in [0.05, 0.1) is 6.21 Å². The zero-order valence-electron chi connectivity index (χ0n) is 14.5. The van der Waals surface area contributed by atoms with E-state index >= 15 is 0 Å². The minimum atomic E-state index is -0.558. The number of aryl methyl sites for hydroxylation is 3. The minimum absolute atomic E-state index is 0.203. The van der Waals surface area contributed by atoms with Gasteiger partial charge in [-0.25, -0.2) is 5.43 Å². The second-order valence-electron chi connectivity index (χ2n) is 5.79. The molecule has 25 heavy (non-hydrogen) atoms. The standard InChI is InChI=1S/C19H21N3O3/c1-12-8-13(2)17(14(3)9-12)10-21-22-19(24)15-4-6-16(7-5-15)25-11-18(20)23/h4-10H,11H2,1-3H3,(H2,20,23)(H,22,24). The normalized spacial score (nSPS) is 10.7. The number of hydrazone groups is 1. The molecule has 0 radical (unpaired) electrons. The Morgan fingerprint density at radius 2 is 1.72 bits per heavy atom. The molecule has 0 unspecified atom stereocenters. The average molecular weight is 339 g/mol. The summed E-state index contributed by atoms with van der Waals surface area (Å²) in [6.45, 7) is 5.85. The number of nitrogens with zero attached hydrogens (tertiary/aromatic N) is 1. The number of primary amides is 1. The number of nitrogens with two attached hydrogens (primary N) is 1. The first kappa shape index (κ1) is 18.2. The maximum Gasteiger partial charge on any atom is 0.271 e. The highest BCUT2D eigenvalue weighted by Gasteiger charge is 2.06. The van der Waals surface area contributed by atoms with Gasteiger partial charge in [0.25, 0.3) is 11.8 Å². The molecule has 3 N–H and O–H groups in total. The molecule has 2 aromatic carbocycles. The third kappa shape index (κ3) is 5.17. The van der Waals surface area contributed by atoms with Gasteiger partial charge in [-0.05, 0) is 56.2 Å². The summed E-state index contributed by atoms with van der Waals surface area (Å²) in [5, 5.41) is 4.03. The van der Waals surface area contributed by atoms with E-state index < -0.39 is 5.91 Å². The number of carbonyl (C=O) groups excluding carboxylic acids is 2. The molecule has 0 aliphatic rings. The number of hydrogen-bond donors (Lipinski definition) is 2. The molecule has 130 valence electrons. The topological polar surface area (TPSA) is 93.8 Å². The lowest BCUT2D eigenvalue weighted by Crippen LogP contribution is -2.20. The van der Waals surface area contributed by atoms with Crippen LogP contribution in [0.15, 0.2) is 41.5 Å². The molecule has 0 heterocycles. The molecule has 0 spiro atoms. The summed E-state index contributed by atoms with van der Waals surface area (Å²) in [6, 6.07) is 10.5. The summed E-state index contributed by atoms with van der Waals surface area (Å²) >= 11 is 0. The Morgan fingerprint density at radius 3 is 2.28 bits per heavy atom. The van der Waals surface area contributed by atoms with Crippen molar-refractivity contribution in [3.05, 3.63) is 64.2 Å². The fourth-order valence-corrected chi connectivity index (χ4v) is 2.47. The first-order valence-electron chi connectivity index (χ1n) is 7.79. The molecule has 0 atom stereocenters. The van der Waals surface area contributed by atoms with Gasteiger partial charge in [0.1, 0.15) is 5.75 Å². The van der Waals surface area contributed by atoms with E-state index in [-0.39, 0.29) is 12.5 Å². The van der Waals surface area contributed by atoms with Gasteiger partial charge in [-0.15, -0.1) is 0 Å². The van der Waals surface area contributed by atoms with Crippen LogP contribution in [0.4, 0.5) is 0 Å². The fourth-order valence-electron chi connectivity index (χ4n) is 2.47. The summed E-state index contributed by atoms with van der Waals surface area (Å²) in [6.07, 6.45) is 1.65. The lowest BCUT2D eigenvalue weighted by molar-refractivity contribution is -0.119. The van der Waals surface area contributed by atoms with Gasteiger partial charge in [-0.3, -0.25) is 9.59 Å². The molecular formula is C19H21N3O3. The highest BCUT2D eigenvalue weighted by molar-refractivity contribution is 5.95. The molecule has 0 aliphatic carbocycles. The van der Waals surface area contributed by atoms with E-state index in [2.05, 4.69) is 22.7 Å². The molecule has 6 nitrogen and oxygen atoms in total. The van der Waals surface area contributed by atoms with E-state index in [9.17, 15) is 9.59 Å². The zero-order chi connectivity index (χ0) is 18.4. The Bertz CT molecular complexity index is 788. The van der Waals surface area contributed by atoms with Crippen LogP contribution >= 0.6 is 0 Å². The van der Waals surface area contributed by atoms with Gasteiger partial charge in [0.15, 0.2) is 6.61 Å². The predicted octanol–water partition coefficient (Wildman–Crippen LogP) is 2.24. The summed E-state index contributed by atoms with van der Waals surface area (Å²) in [5.41, 5.74) is 12.3. The molecule has 2 rings (SSSR count). The Balaban J connectivity index is 1.99. The van der Waals surface area contributed by atoms with Gasteiger partial charge in [-0.1, -0.05) is 17.7 Å². The van der Waals surface area contributed by atoms with Crippen LogP contribution in [-0.2, 0) is 4.79 Å². The quantitative estimate of drug-likeness (QED) is 0.624. The predicted molar refractivity (Wildman–Crippen MR) is 96.8 cm³/mol. The third-order valence-corrected chi connectivity index (χ3v) is 3.60. The van der Waals surface area contributed by atoms with Gasteiger partial charge in [0.2, 0.25) is 0 Å². The largest absolute Gasteiger partial charge is 0.484 e. The molecular weight excluding hydrogens is 318 g/mol. The van der Waals surface area contributed by atoms with Crippen LogP contribution in [0.1, 0.15) is 32.6 Å². The minimum Gasteiger partial charge on any atom is -0.484 e. The number of hydrogen-bond acceptors (Lipinski definition) is 4. The van der Waals surface area contributed by atoms with Crippen LogP contribution in [0.25, 0.3) is 0 Å². The molecule has 2 amide bonds. The second kappa shape index (κ2) is 8.10. The van der Waals surface area contributed by atoms with Crippen molar-refractivity contribution in [1.82, 2.24) is 5.43 Å². The van der Waals surface area contributed by atoms with Crippen molar-refractivity contribution in [3.8, 4) is 5.75 Å². The lowest BCUT2D eigenvalue weighted by atomic mass is 10.0. The van der Waals surface area contributed by atoms with Crippen LogP contribution in [-0.4, -0.2) is 24.6 Å². The number of benzene rings is 2. The van der Waals surface area contributed by atoms with Crippen LogP contribution < -0.4 is 15.9 Å². The van der Waals surface area contributed by atoms with Crippen molar-refractivity contribution >= 4 is 18.0 Å². The van der Waals surface area contributed by atoms with Gasteiger partial charge >= 0.3 is 0 Å². The first-order chi connectivity index (χ1) is 11.9. The average Bonchev–Trinajstić information content (AvgIpc) is 2.55. The Labute approximate surface area is 146 Å². The monoisotopic (exact) mass is 339 g/mol. The van der Waals surface area contributed by atoms with Crippen molar-refractivity contribution in [1.29, 1.82) is 0 Å². The van der Waals surface area contributed by atoms with E-state index in [0.29, 0.717) is 11.3 Å². The van der Waals surface area contributed by atoms with Gasteiger partial charge in [0, 0.05) is 11.1 Å². The smallest absolute Gasteiger partial charge is 0.271 e. The Morgan fingerprint density at radius 1 is 1.12 bits per heavy atom. The molecule has 6 heteroatoms. The van der Waals surface area contributed by atoms with Crippen LogP contribution in [0.5, 0.6) is 5.75 Å². The van der Waals surface area contributed by atoms with E-state index in [1.807, 2.05) is 20.8 Å². The molecule has 2 aromatic rings. The molecule has 0 fully saturated rings. The SMILES string of the molecule is Cc1cc(C)c(C=NNC(=O)c2ccc(OCC(N)=O)cc2)c(C)c1. The third-order valence-electron chi connectivity index (χ3n) is 3.60. The summed E-state index contributed by atoms with van der Waals surface area (Å²) in [7, 11) is 0. The molecule has 0 saturated carbocycles. The highest BCUT2D eigenvalue weighted by Crippen LogP contribution is 2.14.